The van der Waals surface area contributed by atoms with E-state index in [-0.39, 0.29) is 0 Å². The molecule has 0 aliphatic carbocycles. The average Bonchev–Trinajstić information content (AvgIpc) is 3.20. The standard InChI is InChI=1S/C33H34N2/c1-24-5-13-28(14-6-24)21-34-23-35(22-29-15-7-25(2)8-16-29)33(31-19-11-27(4)12-20-31)32(34)30-17-9-26(3)10-18-30/h5-20H,21-23H2,1-4H3. The predicted octanol–water partition coefficient (Wildman–Crippen LogP) is 7.72. The molecule has 0 spiro atoms. The Labute approximate surface area is 210 Å². The molecule has 4 aromatic carbocycles. The Hall–Kier alpha value is -3.78. The molecule has 1 heterocycles. The number of hydrogen-bond acceptors (Lipinski definition) is 2. The molecular weight excluding hydrogens is 424 g/mol. The second-order valence-electron chi connectivity index (χ2n) is 9.94. The van der Waals surface area contributed by atoms with Gasteiger partial charge in [0.15, 0.2) is 0 Å². The summed E-state index contributed by atoms with van der Waals surface area (Å²) in [5.74, 6) is 0. The van der Waals surface area contributed by atoms with Gasteiger partial charge in [-0.05, 0) is 38.8 Å². The maximum Gasteiger partial charge on any atom is 0.0911 e. The van der Waals surface area contributed by atoms with E-state index < -0.39 is 0 Å². The Morgan fingerprint density at radius 3 is 1.03 bits per heavy atom. The van der Waals surface area contributed by atoms with Crippen LogP contribution >= 0.6 is 0 Å². The smallest absolute Gasteiger partial charge is 0.0911 e. The van der Waals surface area contributed by atoms with Gasteiger partial charge in [0.1, 0.15) is 0 Å². The fraction of sp³-hybridized carbons (Fsp3) is 0.212. The van der Waals surface area contributed by atoms with Gasteiger partial charge in [-0.15, -0.1) is 0 Å². The first-order chi connectivity index (χ1) is 17.0. The van der Waals surface area contributed by atoms with Gasteiger partial charge in [0.05, 0.1) is 18.1 Å². The van der Waals surface area contributed by atoms with Gasteiger partial charge in [0.2, 0.25) is 0 Å². The molecule has 4 aromatic rings. The summed E-state index contributed by atoms with van der Waals surface area (Å²) >= 11 is 0. The summed E-state index contributed by atoms with van der Waals surface area (Å²) in [5.41, 5.74) is 13.0. The summed E-state index contributed by atoms with van der Waals surface area (Å²) in [7, 11) is 0. The van der Waals surface area contributed by atoms with Crippen LogP contribution in [0, 0.1) is 27.7 Å². The molecule has 0 radical (unpaired) electrons. The Bertz CT molecular complexity index is 1210. The number of hydrogen-bond donors (Lipinski definition) is 0. The van der Waals surface area contributed by atoms with Crippen molar-refractivity contribution in [1.82, 2.24) is 9.80 Å². The summed E-state index contributed by atoms with van der Waals surface area (Å²) in [6, 6.07) is 35.9. The van der Waals surface area contributed by atoms with Crippen LogP contribution in [-0.4, -0.2) is 16.5 Å². The van der Waals surface area contributed by atoms with Crippen molar-refractivity contribution in [3.05, 3.63) is 142 Å². The molecule has 1 aliphatic rings. The van der Waals surface area contributed by atoms with Crippen LogP contribution in [0.2, 0.25) is 0 Å². The number of rotatable bonds is 6. The van der Waals surface area contributed by atoms with Gasteiger partial charge in [-0.3, -0.25) is 0 Å². The van der Waals surface area contributed by atoms with Crippen molar-refractivity contribution in [3.63, 3.8) is 0 Å². The van der Waals surface area contributed by atoms with Crippen LogP contribution in [0.5, 0.6) is 0 Å². The van der Waals surface area contributed by atoms with Crippen LogP contribution in [0.15, 0.2) is 97.1 Å². The molecule has 35 heavy (non-hydrogen) atoms. The predicted molar refractivity (Wildman–Crippen MR) is 147 cm³/mol. The zero-order valence-electron chi connectivity index (χ0n) is 21.3. The van der Waals surface area contributed by atoms with Gasteiger partial charge >= 0.3 is 0 Å². The average molecular weight is 459 g/mol. The lowest BCUT2D eigenvalue weighted by Gasteiger charge is -2.25. The first-order valence-electron chi connectivity index (χ1n) is 12.5. The van der Waals surface area contributed by atoms with Gasteiger partial charge in [-0.2, -0.15) is 0 Å². The molecule has 1 aliphatic heterocycles. The normalized spacial score (nSPS) is 13.6. The Balaban J connectivity index is 1.63. The Morgan fingerprint density at radius 2 is 0.714 bits per heavy atom. The van der Waals surface area contributed by atoms with Crippen molar-refractivity contribution in [2.75, 3.05) is 6.67 Å². The summed E-state index contributed by atoms with van der Waals surface area (Å²) in [6.07, 6.45) is 0. The van der Waals surface area contributed by atoms with Crippen molar-refractivity contribution in [2.24, 2.45) is 0 Å². The fourth-order valence-corrected chi connectivity index (χ4v) is 4.79. The van der Waals surface area contributed by atoms with Crippen molar-refractivity contribution >= 4 is 11.4 Å². The molecule has 0 saturated heterocycles. The lowest BCUT2D eigenvalue weighted by atomic mass is 10.0. The maximum absolute atomic E-state index is 2.54. The number of aryl methyl sites for hydroxylation is 4. The van der Waals surface area contributed by atoms with E-state index in [2.05, 4.69) is 135 Å². The Kier molecular flexibility index (Phi) is 6.46. The number of nitrogens with zero attached hydrogens (tertiary/aromatic N) is 2. The minimum Gasteiger partial charge on any atom is -0.347 e. The maximum atomic E-state index is 2.54. The Morgan fingerprint density at radius 1 is 0.429 bits per heavy atom. The minimum atomic E-state index is 0.855. The fourth-order valence-electron chi connectivity index (χ4n) is 4.79. The summed E-state index contributed by atoms with van der Waals surface area (Å²) in [4.78, 5) is 5.08. The summed E-state index contributed by atoms with van der Waals surface area (Å²) in [6.45, 7) is 11.2. The lowest BCUT2D eigenvalue weighted by molar-refractivity contribution is 0.269. The molecule has 176 valence electrons. The van der Waals surface area contributed by atoms with Crippen molar-refractivity contribution in [3.8, 4) is 0 Å². The molecule has 0 bridgehead atoms. The highest BCUT2D eigenvalue weighted by Crippen LogP contribution is 2.40. The van der Waals surface area contributed by atoms with Crippen LogP contribution in [0.3, 0.4) is 0 Å². The summed E-state index contributed by atoms with van der Waals surface area (Å²) in [5, 5.41) is 0. The minimum absolute atomic E-state index is 0.855. The van der Waals surface area contributed by atoms with Crippen molar-refractivity contribution < 1.29 is 0 Å². The first-order valence-corrected chi connectivity index (χ1v) is 12.5. The summed E-state index contributed by atoms with van der Waals surface area (Å²) < 4.78 is 0. The molecule has 0 aromatic heterocycles. The van der Waals surface area contributed by atoms with E-state index in [9.17, 15) is 0 Å². The van der Waals surface area contributed by atoms with Crippen LogP contribution in [-0.2, 0) is 13.1 Å². The largest absolute Gasteiger partial charge is 0.347 e. The number of benzene rings is 4. The SMILES string of the molecule is Cc1ccc(CN2CN(Cc3ccc(C)cc3)C(c3ccc(C)cc3)=C2c2ccc(C)cc2)cc1. The van der Waals surface area contributed by atoms with Crippen LogP contribution in [0.1, 0.15) is 44.5 Å². The second-order valence-corrected chi connectivity index (χ2v) is 9.94. The highest BCUT2D eigenvalue weighted by molar-refractivity contribution is 5.91. The van der Waals surface area contributed by atoms with E-state index in [1.807, 2.05) is 0 Å². The zero-order chi connectivity index (χ0) is 24.4. The van der Waals surface area contributed by atoms with Gasteiger partial charge in [0, 0.05) is 24.2 Å². The van der Waals surface area contributed by atoms with Gasteiger partial charge in [-0.1, -0.05) is 119 Å². The molecule has 0 N–H and O–H groups in total. The second kappa shape index (κ2) is 9.84. The third kappa shape index (κ3) is 5.17. The third-order valence-corrected chi connectivity index (χ3v) is 6.84. The van der Waals surface area contributed by atoms with E-state index in [1.165, 1.54) is 55.9 Å². The van der Waals surface area contributed by atoms with Gasteiger partial charge < -0.3 is 9.80 Å². The van der Waals surface area contributed by atoms with E-state index >= 15 is 0 Å². The van der Waals surface area contributed by atoms with E-state index in [0.29, 0.717) is 0 Å². The third-order valence-electron chi connectivity index (χ3n) is 6.84. The zero-order valence-corrected chi connectivity index (χ0v) is 21.3. The molecule has 2 heteroatoms. The van der Waals surface area contributed by atoms with Gasteiger partial charge in [-0.25, -0.2) is 0 Å². The topological polar surface area (TPSA) is 6.48 Å². The van der Waals surface area contributed by atoms with Crippen LogP contribution in [0.25, 0.3) is 11.4 Å². The molecule has 0 amide bonds. The molecule has 5 rings (SSSR count). The molecule has 0 unspecified atom stereocenters. The highest BCUT2D eigenvalue weighted by Gasteiger charge is 2.31. The van der Waals surface area contributed by atoms with Crippen LogP contribution < -0.4 is 0 Å². The van der Waals surface area contributed by atoms with E-state index in [1.54, 1.807) is 0 Å². The van der Waals surface area contributed by atoms with Gasteiger partial charge in [0.25, 0.3) is 0 Å². The molecular formula is C33H34N2. The quantitative estimate of drug-likeness (QED) is 0.292. The van der Waals surface area contributed by atoms with E-state index in [0.717, 1.165) is 19.8 Å². The first kappa shape index (κ1) is 23.0. The van der Waals surface area contributed by atoms with E-state index in [4.69, 9.17) is 0 Å². The lowest BCUT2D eigenvalue weighted by Crippen LogP contribution is -2.27. The molecule has 2 nitrogen and oxygen atoms in total. The molecule has 0 atom stereocenters. The van der Waals surface area contributed by atoms with Crippen molar-refractivity contribution in [1.29, 1.82) is 0 Å². The monoisotopic (exact) mass is 458 g/mol. The molecule has 0 fully saturated rings. The highest BCUT2D eigenvalue weighted by atomic mass is 15.4. The van der Waals surface area contributed by atoms with Crippen molar-refractivity contribution in [2.45, 2.75) is 40.8 Å². The van der Waals surface area contributed by atoms with Crippen LogP contribution in [0.4, 0.5) is 0 Å². The molecule has 0 saturated carbocycles.